The number of hydrogen-bond donors (Lipinski definition) is 0. The predicted molar refractivity (Wildman–Crippen MR) is 107 cm³/mol. The molecule has 2 heterocycles. The van der Waals surface area contributed by atoms with Crippen molar-refractivity contribution in [3.63, 3.8) is 0 Å². The fourth-order valence-corrected chi connectivity index (χ4v) is 7.62. The van der Waals surface area contributed by atoms with Gasteiger partial charge in [0.2, 0.25) is 0 Å². The number of nitrogens with zero attached hydrogens (tertiary/aromatic N) is 3. The molecule has 2 aliphatic rings. The van der Waals surface area contributed by atoms with Crippen molar-refractivity contribution in [1.29, 1.82) is 0 Å². The molecule has 0 aromatic carbocycles. The number of morpholine rings is 1. The van der Waals surface area contributed by atoms with Gasteiger partial charge in [0.25, 0.3) is 10.2 Å². The van der Waals surface area contributed by atoms with Crippen LogP contribution in [0.2, 0.25) is 0 Å². The summed E-state index contributed by atoms with van der Waals surface area (Å²) in [6, 6.07) is -0.444. The molecule has 0 aliphatic carbocycles. The molecule has 8 nitrogen and oxygen atoms in total. The average Bonchev–Trinajstić information content (AvgIpc) is 2.98. The molecule has 160 valence electrons. The van der Waals surface area contributed by atoms with Crippen LogP contribution in [0.5, 0.6) is 0 Å². The van der Waals surface area contributed by atoms with Gasteiger partial charge in [0.1, 0.15) is 0 Å². The van der Waals surface area contributed by atoms with Crippen LogP contribution in [0, 0.1) is 0 Å². The number of ether oxygens (including phenoxy) is 1. The number of rotatable bonds is 11. The minimum absolute atomic E-state index is 0.0596. The normalized spacial score (nSPS) is 24.1. The zero-order valence-corrected chi connectivity index (χ0v) is 18.3. The summed E-state index contributed by atoms with van der Waals surface area (Å²) >= 11 is 0. The van der Waals surface area contributed by atoms with Gasteiger partial charge in [-0.3, -0.25) is 4.90 Å². The Morgan fingerprint density at radius 1 is 1.07 bits per heavy atom. The van der Waals surface area contributed by atoms with Crippen molar-refractivity contribution >= 4 is 20.0 Å². The molecule has 0 aromatic heterocycles. The molecule has 0 radical (unpaired) electrons. The molecule has 0 N–H and O–H groups in total. The summed E-state index contributed by atoms with van der Waals surface area (Å²) in [6.07, 6.45) is 2.57. The van der Waals surface area contributed by atoms with Crippen molar-refractivity contribution in [2.45, 2.75) is 45.6 Å². The van der Waals surface area contributed by atoms with E-state index in [0.717, 1.165) is 32.5 Å². The standard InChI is InChI=1S/C17H35N3O5S2/c1-3-7-19(8-4-2)27(23,24)20(17-6-15-26(21,22)16-17)10-5-9-18-11-13-25-14-12-18/h17H,3-16H2,1-2H3. The van der Waals surface area contributed by atoms with Crippen molar-refractivity contribution in [2.24, 2.45) is 0 Å². The number of sulfone groups is 1. The van der Waals surface area contributed by atoms with Crippen molar-refractivity contribution < 1.29 is 21.6 Å². The second-order valence-electron chi connectivity index (χ2n) is 7.38. The van der Waals surface area contributed by atoms with Crippen molar-refractivity contribution in [1.82, 2.24) is 13.5 Å². The van der Waals surface area contributed by atoms with E-state index in [-0.39, 0.29) is 11.5 Å². The fourth-order valence-electron chi connectivity index (χ4n) is 3.75. The third-order valence-electron chi connectivity index (χ3n) is 5.14. The smallest absolute Gasteiger partial charge is 0.282 e. The summed E-state index contributed by atoms with van der Waals surface area (Å²) in [6.45, 7) is 9.17. The van der Waals surface area contributed by atoms with Gasteiger partial charge in [0, 0.05) is 38.8 Å². The summed E-state index contributed by atoms with van der Waals surface area (Å²) in [5.41, 5.74) is 0. The van der Waals surface area contributed by atoms with Crippen LogP contribution in [0.25, 0.3) is 0 Å². The molecule has 1 atom stereocenters. The third-order valence-corrected chi connectivity index (χ3v) is 8.98. The topological polar surface area (TPSA) is 87.2 Å². The maximum atomic E-state index is 13.3. The molecule has 0 saturated carbocycles. The molecular weight excluding hydrogens is 390 g/mol. The van der Waals surface area contributed by atoms with E-state index in [2.05, 4.69) is 4.90 Å². The second kappa shape index (κ2) is 10.5. The van der Waals surface area contributed by atoms with E-state index in [1.165, 1.54) is 8.61 Å². The molecule has 10 heteroatoms. The van der Waals surface area contributed by atoms with Crippen LogP contribution < -0.4 is 0 Å². The molecule has 0 spiro atoms. The lowest BCUT2D eigenvalue weighted by Gasteiger charge is -2.34. The Bertz CT molecular complexity index is 641. The van der Waals surface area contributed by atoms with Crippen LogP contribution in [0.3, 0.4) is 0 Å². The van der Waals surface area contributed by atoms with Gasteiger partial charge in [-0.1, -0.05) is 13.8 Å². The van der Waals surface area contributed by atoms with Gasteiger partial charge in [-0.25, -0.2) is 8.42 Å². The van der Waals surface area contributed by atoms with E-state index in [4.69, 9.17) is 4.74 Å². The van der Waals surface area contributed by atoms with Gasteiger partial charge in [-0.15, -0.1) is 0 Å². The highest BCUT2D eigenvalue weighted by molar-refractivity contribution is 7.91. The summed E-state index contributed by atoms with van der Waals surface area (Å²) < 4.78 is 58.9. The van der Waals surface area contributed by atoms with Crippen molar-refractivity contribution in [3.8, 4) is 0 Å². The van der Waals surface area contributed by atoms with Gasteiger partial charge < -0.3 is 4.74 Å². The second-order valence-corrected chi connectivity index (χ2v) is 11.5. The monoisotopic (exact) mass is 425 g/mol. The maximum absolute atomic E-state index is 13.3. The first kappa shape index (κ1) is 23.0. The zero-order valence-electron chi connectivity index (χ0n) is 16.7. The number of hydrogen-bond acceptors (Lipinski definition) is 6. The molecule has 0 aromatic rings. The fraction of sp³-hybridized carbons (Fsp3) is 1.00. The summed E-state index contributed by atoms with van der Waals surface area (Å²) in [4.78, 5) is 2.27. The Balaban J connectivity index is 2.10. The van der Waals surface area contributed by atoms with Crippen LogP contribution in [0.4, 0.5) is 0 Å². The van der Waals surface area contributed by atoms with Gasteiger partial charge >= 0.3 is 0 Å². The molecule has 2 rings (SSSR count). The molecule has 2 fully saturated rings. The lowest BCUT2D eigenvalue weighted by Crippen LogP contribution is -2.50. The molecule has 0 amide bonds. The SMILES string of the molecule is CCCN(CCC)S(=O)(=O)N(CCCN1CCOCC1)C1CCS(=O)(=O)C1. The van der Waals surface area contributed by atoms with E-state index in [1.807, 2.05) is 13.8 Å². The van der Waals surface area contributed by atoms with Gasteiger partial charge in [0.05, 0.1) is 24.7 Å². The van der Waals surface area contributed by atoms with Gasteiger partial charge in [-0.2, -0.15) is 17.0 Å². The third kappa shape index (κ3) is 6.64. The van der Waals surface area contributed by atoms with Gasteiger partial charge in [-0.05, 0) is 32.2 Å². The predicted octanol–water partition coefficient (Wildman–Crippen LogP) is 0.565. The Kier molecular flexibility index (Phi) is 8.95. The molecule has 0 bridgehead atoms. The highest BCUT2D eigenvalue weighted by Crippen LogP contribution is 2.23. The first-order chi connectivity index (χ1) is 12.8. The Hall–Kier alpha value is -0.260. The summed E-state index contributed by atoms with van der Waals surface area (Å²) in [7, 11) is -6.81. The largest absolute Gasteiger partial charge is 0.379 e. The highest BCUT2D eigenvalue weighted by Gasteiger charge is 2.40. The Morgan fingerprint density at radius 3 is 2.22 bits per heavy atom. The molecule has 27 heavy (non-hydrogen) atoms. The van der Waals surface area contributed by atoms with E-state index in [0.29, 0.717) is 45.7 Å². The average molecular weight is 426 g/mol. The van der Waals surface area contributed by atoms with Crippen LogP contribution in [-0.2, 0) is 24.8 Å². The van der Waals surface area contributed by atoms with E-state index >= 15 is 0 Å². The van der Waals surface area contributed by atoms with Crippen LogP contribution in [0.1, 0.15) is 39.5 Å². The van der Waals surface area contributed by atoms with Crippen LogP contribution in [-0.4, -0.2) is 100 Å². The van der Waals surface area contributed by atoms with E-state index < -0.39 is 26.1 Å². The Morgan fingerprint density at radius 2 is 1.70 bits per heavy atom. The van der Waals surface area contributed by atoms with Crippen LogP contribution in [0.15, 0.2) is 0 Å². The molecule has 1 unspecified atom stereocenters. The highest BCUT2D eigenvalue weighted by atomic mass is 32.2. The lowest BCUT2D eigenvalue weighted by molar-refractivity contribution is 0.0366. The molecule has 2 aliphatic heterocycles. The first-order valence-electron chi connectivity index (χ1n) is 10.1. The first-order valence-corrected chi connectivity index (χ1v) is 13.3. The van der Waals surface area contributed by atoms with Gasteiger partial charge in [0.15, 0.2) is 9.84 Å². The quantitative estimate of drug-likeness (QED) is 0.481. The van der Waals surface area contributed by atoms with E-state index in [9.17, 15) is 16.8 Å². The lowest BCUT2D eigenvalue weighted by atomic mass is 10.2. The summed E-state index contributed by atoms with van der Waals surface area (Å²) in [5.74, 6) is 0.0184. The molecule has 2 saturated heterocycles. The van der Waals surface area contributed by atoms with E-state index in [1.54, 1.807) is 0 Å². The van der Waals surface area contributed by atoms with Crippen molar-refractivity contribution in [2.75, 3.05) is 64.0 Å². The Labute approximate surface area is 164 Å². The molecular formula is C17H35N3O5S2. The van der Waals surface area contributed by atoms with Crippen LogP contribution >= 0.6 is 0 Å². The minimum Gasteiger partial charge on any atom is -0.379 e. The van der Waals surface area contributed by atoms with Crippen molar-refractivity contribution in [3.05, 3.63) is 0 Å². The summed E-state index contributed by atoms with van der Waals surface area (Å²) in [5, 5.41) is 0. The minimum atomic E-state index is -3.67. The zero-order chi connectivity index (χ0) is 19.9. The maximum Gasteiger partial charge on any atom is 0.282 e.